The molecule has 0 atom stereocenters. The van der Waals surface area contributed by atoms with E-state index < -0.39 is 5.91 Å². The number of benzene rings is 3. The molecule has 2 N–H and O–H groups in total. The molecule has 1 aliphatic rings. The van der Waals surface area contributed by atoms with E-state index in [2.05, 4.69) is 34.4 Å². The summed E-state index contributed by atoms with van der Waals surface area (Å²) in [6, 6.07) is 16.0. The van der Waals surface area contributed by atoms with Crippen LogP contribution in [-0.2, 0) is 11.2 Å². The number of rotatable bonds is 8. The lowest BCUT2D eigenvalue weighted by molar-refractivity contribution is -0.132. The van der Waals surface area contributed by atoms with Crippen LogP contribution in [0.1, 0.15) is 21.5 Å². The Bertz CT molecular complexity index is 1300. The normalized spacial score (nSPS) is 14.5. The number of phenolic OH excluding ortho intramolecular Hbond substituents is 1. The molecular formula is C28H32ClN5O3. The van der Waals surface area contributed by atoms with Gasteiger partial charge in [-0.1, -0.05) is 48.0 Å². The van der Waals surface area contributed by atoms with Gasteiger partial charge in [0.15, 0.2) is 0 Å². The van der Waals surface area contributed by atoms with E-state index in [4.69, 9.17) is 11.6 Å². The van der Waals surface area contributed by atoms with Crippen molar-refractivity contribution >= 4 is 40.4 Å². The number of carbonyl (C=O) groups excluding carboxylic acids is 2. The van der Waals surface area contributed by atoms with Crippen LogP contribution in [0.3, 0.4) is 0 Å². The summed E-state index contributed by atoms with van der Waals surface area (Å²) in [6.07, 6.45) is 1.93. The van der Waals surface area contributed by atoms with Crippen LogP contribution < -0.4 is 5.43 Å². The lowest BCUT2D eigenvalue weighted by atomic mass is 9.97. The highest BCUT2D eigenvalue weighted by Gasteiger charge is 2.21. The molecule has 194 valence electrons. The topological polar surface area (TPSA) is 88.5 Å². The number of phenols is 1. The SMILES string of the molecule is CN(C)CCN1CCN(C(=O)Cc2ccc(/C=N/NC(=O)c3ccc(O)c(Cl)c3)c3ccccc23)CC1. The summed E-state index contributed by atoms with van der Waals surface area (Å²) < 4.78 is 0. The number of nitrogens with zero attached hydrogens (tertiary/aromatic N) is 4. The van der Waals surface area contributed by atoms with Crippen LogP contribution in [0.2, 0.25) is 5.02 Å². The molecule has 0 bridgehead atoms. The molecule has 8 nitrogen and oxygen atoms in total. The fourth-order valence-electron chi connectivity index (χ4n) is 4.36. The Hall–Kier alpha value is -3.46. The fraction of sp³-hybridized carbons (Fsp3) is 0.321. The minimum Gasteiger partial charge on any atom is -0.506 e. The largest absolute Gasteiger partial charge is 0.506 e. The summed E-state index contributed by atoms with van der Waals surface area (Å²) in [5, 5.41) is 15.7. The highest BCUT2D eigenvalue weighted by atomic mass is 35.5. The zero-order valence-corrected chi connectivity index (χ0v) is 21.9. The van der Waals surface area contributed by atoms with E-state index >= 15 is 0 Å². The van der Waals surface area contributed by atoms with E-state index in [1.54, 1.807) is 6.21 Å². The van der Waals surface area contributed by atoms with Gasteiger partial charge in [0.05, 0.1) is 17.7 Å². The van der Waals surface area contributed by atoms with Gasteiger partial charge in [-0.2, -0.15) is 5.10 Å². The van der Waals surface area contributed by atoms with E-state index in [1.807, 2.05) is 41.3 Å². The molecule has 0 aliphatic carbocycles. The Kier molecular flexibility index (Phi) is 8.76. The number of piperazine rings is 1. The van der Waals surface area contributed by atoms with Gasteiger partial charge < -0.3 is 14.9 Å². The second-order valence-electron chi connectivity index (χ2n) is 9.43. The molecule has 1 fully saturated rings. The predicted molar refractivity (Wildman–Crippen MR) is 147 cm³/mol. The Morgan fingerprint density at radius 2 is 1.78 bits per heavy atom. The number of halogens is 1. The molecule has 0 radical (unpaired) electrons. The lowest BCUT2D eigenvalue weighted by Gasteiger charge is -2.35. The standard InChI is InChI=1S/C28H32ClN5O3/c1-32(2)11-12-33-13-15-34(16-14-33)27(36)18-20-7-8-22(24-6-4-3-5-23(20)24)19-30-31-28(37)21-9-10-26(35)25(29)17-21/h3-10,17,19,35H,11-16,18H2,1-2H3,(H,31,37)/b30-19+. The molecule has 3 aromatic rings. The van der Waals surface area contributed by atoms with E-state index in [9.17, 15) is 14.7 Å². The Morgan fingerprint density at radius 3 is 2.49 bits per heavy atom. The molecular weight excluding hydrogens is 490 g/mol. The van der Waals surface area contributed by atoms with Crippen LogP contribution in [0.4, 0.5) is 0 Å². The van der Waals surface area contributed by atoms with Gasteiger partial charge in [0.1, 0.15) is 5.75 Å². The van der Waals surface area contributed by atoms with E-state index in [0.29, 0.717) is 6.42 Å². The summed E-state index contributed by atoms with van der Waals surface area (Å²) in [6.45, 7) is 5.34. The minimum absolute atomic E-state index is 0.0889. The molecule has 0 unspecified atom stereocenters. The maximum absolute atomic E-state index is 13.1. The van der Waals surface area contributed by atoms with Crippen molar-refractivity contribution in [1.82, 2.24) is 20.1 Å². The summed E-state index contributed by atoms with van der Waals surface area (Å²) >= 11 is 5.88. The van der Waals surface area contributed by atoms with E-state index in [-0.39, 0.29) is 22.2 Å². The average molecular weight is 522 g/mol. The molecule has 0 aromatic heterocycles. The molecule has 4 rings (SSSR count). The van der Waals surface area contributed by atoms with Crippen LogP contribution in [0.25, 0.3) is 10.8 Å². The summed E-state index contributed by atoms with van der Waals surface area (Å²) in [7, 11) is 4.15. The van der Waals surface area contributed by atoms with Crippen molar-refractivity contribution in [2.24, 2.45) is 5.10 Å². The van der Waals surface area contributed by atoms with Crippen LogP contribution in [0.15, 0.2) is 59.7 Å². The number of hydrogen-bond acceptors (Lipinski definition) is 6. The molecule has 1 aliphatic heterocycles. The second kappa shape index (κ2) is 12.2. The first kappa shape index (κ1) is 26.6. The number of hydrazone groups is 1. The average Bonchev–Trinajstić information content (AvgIpc) is 2.90. The van der Waals surface area contributed by atoms with Gasteiger partial charge in [0.2, 0.25) is 5.91 Å². The van der Waals surface area contributed by atoms with Crippen molar-refractivity contribution < 1.29 is 14.7 Å². The number of nitrogens with one attached hydrogen (secondary N) is 1. The number of carbonyl (C=O) groups is 2. The molecule has 37 heavy (non-hydrogen) atoms. The van der Waals surface area contributed by atoms with Gasteiger partial charge in [0.25, 0.3) is 5.91 Å². The minimum atomic E-state index is -0.438. The van der Waals surface area contributed by atoms with Crippen LogP contribution in [0.5, 0.6) is 5.75 Å². The number of hydrogen-bond donors (Lipinski definition) is 2. The quantitative estimate of drug-likeness (QED) is 0.351. The monoisotopic (exact) mass is 521 g/mol. The third-order valence-electron chi connectivity index (χ3n) is 6.56. The van der Waals surface area contributed by atoms with Crippen LogP contribution in [0, 0.1) is 0 Å². The zero-order chi connectivity index (χ0) is 26.4. The molecule has 1 saturated heterocycles. The van der Waals surface area contributed by atoms with Crippen molar-refractivity contribution in [3.8, 4) is 5.75 Å². The predicted octanol–water partition coefficient (Wildman–Crippen LogP) is 3.21. The van der Waals surface area contributed by atoms with Gasteiger partial charge in [0, 0.05) is 50.4 Å². The van der Waals surface area contributed by atoms with Gasteiger partial charge in [-0.25, -0.2) is 5.43 Å². The molecule has 9 heteroatoms. The number of amides is 2. The summed E-state index contributed by atoms with van der Waals surface area (Å²) in [5.74, 6) is -0.390. The maximum Gasteiger partial charge on any atom is 0.271 e. The van der Waals surface area contributed by atoms with E-state index in [1.165, 1.54) is 18.2 Å². The van der Waals surface area contributed by atoms with Gasteiger partial charge in [-0.3, -0.25) is 14.5 Å². The summed E-state index contributed by atoms with van der Waals surface area (Å²) in [4.78, 5) is 32.0. The van der Waals surface area contributed by atoms with Crippen molar-refractivity contribution in [2.75, 3.05) is 53.4 Å². The molecule has 0 saturated carbocycles. The zero-order valence-electron chi connectivity index (χ0n) is 21.2. The highest BCUT2D eigenvalue weighted by Crippen LogP contribution is 2.24. The Morgan fingerprint density at radius 1 is 1.05 bits per heavy atom. The van der Waals surface area contributed by atoms with Crippen molar-refractivity contribution in [3.05, 3.63) is 76.3 Å². The Balaban J connectivity index is 1.41. The van der Waals surface area contributed by atoms with Crippen molar-refractivity contribution in [3.63, 3.8) is 0 Å². The number of aromatic hydroxyl groups is 1. The van der Waals surface area contributed by atoms with Crippen molar-refractivity contribution in [1.29, 1.82) is 0 Å². The second-order valence-corrected chi connectivity index (χ2v) is 9.83. The van der Waals surface area contributed by atoms with E-state index in [0.717, 1.165) is 61.2 Å². The maximum atomic E-state index is 13.1. The molecule has 2 amide bonds. The van der Waals surface area contributed by atoms with Crippen LogP contribution >= 0.6 is 11.6 Å². The fourth-order valence-corrected chi connectivity index (χ4v) is 4.54. The third kappa shape index (κ3) is 6.85. The molecule has 0 spiro atoms. The molecule has 3 aromatic carbocycles. The van der Waals surface area contributed by atoms with Crippen molar-refractivity contribution in [2.45, 2.75) is 6.42 Å². The number of fused-ring (bicyclic) bond motifs is 1. The first-order valence-electron chi connectivity index (χ1n) is 12.3. The lowest BCUT2D eigenvalue weighted by Crippen LogP contribution is -2.50. The van der Waals surface area contributed by atoms with Gasteiger partial charge in [-0.15, -0.1) is 0 Å². The Labute approximate surface area is 222 Å². The molecule has 1 heterocycles. The first-order chi connectivity index (χ1) is 17.8. The first-order valence-corrected chi connectivity index (χ1v) is 12.7. The highest BCUT2D eigenvalue weighted by molar-refractivity contribution is 6.32. The van der Waals surface area contributed by atoms with Gasteiger partial charge in [-0.05, 0) is 48.6 Å². The number of likely N-dealkylation sites (N-methyl/N-ethyl adjacent to an activating group) is 1. The van der Waals surface area contributed by atoms with Gasteiger partial charge >= 0.3 is 0 Å². The smallest absolute Gasteiger partial charge is 0.271 e. The summed E-state index contributed by atoms with van der Waals surface area (Å²) in [5.41, 5.74) is 4.57. The third-order valence-corrected chi connectivity index (χ3v) is 6.86. The van der Waals surface area contributed by atoms with Crippen LogP contribution in [-0.4, -0.2) is 91.2 Å².